The summed E-state index contributed by atoms with van der Waals surface area (Å²) in [6, 6.07) is 1.13. The molecule has 0 bridgehead atoms. The highest BCUT2D eigenvalue weighted by molar-refractivity contribution is 4.78. The second-order valence-electron chi connectivity index (χ2n) is 3.49. The van der Waals surface area contributed by atoms with Crippen molar-refractivity contribution in [3.63, 3.8) is 0 Å². The summed E-state index contributed by atoms with van der Waals surface area (Å²) in [6.07, 6.45) is 3.86. The highest BCUT2D eigenvalue weighted by atomic mass is 15.1. The highest BCUT2D eigenvalue weighted by Crippen LogP contribution is 2.18. The van der Waals surface area contributed by atoms with Crippen molar-refractivity contribution >= 4 is 0 Å². The van der Waals surface area contributed by atoms with E-state index in [0.29, 0.717) is 6.04 Å². The van der Waals surface area contributed by atoms with Crippen molar-refractivity contribution in [2.24, 2.45) is 5.73 Å². The van der Waals surface area contributed by atoms with Gasteiger partial charge in [-0.05, 0) is 39.8 Å². The fourth-order valence-corrected chi connectivity index (χ4v) is 1.71. The van der Waals surface area contributed by atoms with E-state index in [1.54, 1.807) is 0 Å². The Morgan fingerprint density at radius 2 is 2.40 bits per heavy atom. The predicted molar refractivity (Wildman–Crippen MR) is 43.9 cm³/mol. The van der Waals surface area contributed by atoms with E-state index in [2.05, 4.69) is 18.9 Å². The summed E-state index contributed by atoms with van der Waals surface area (Å²) in [4.78, 5) is 2.42. The average molecular weight is 142 g/mol. The van der Waals surface area contributed by atoms with Gasteiger partial charge in [0.2, 0.25) is 0 Å². The summed E-state index contributed by atoms with van der Waals surface area (Å²) in [5.74, 6) is 0. The van der Waals surface area contributed by atoms with Crippen LogP contribution in [0.15, 0.2) is 0 Å². The quantitative estimate of drug-likeness (QED) is 0.618. The van der Waals surface area contributed by atoms with Gasteiger partial charge in [0.05, 0.1) is 0 Å². The lowest BCUT2D eigenvalue weighted by Crippen LogP contribution is -2.31. The van der Waals surface area contributed by atoms with Crippen molar-refractivity contribution in [1.29, 1.82) is 0 Å². The molecule has 0 aromatic rings. The van der Waals surface area contributed by atoms with Crippen LogP contribution in [0.5, 0.6) is 0 Å². The summed E-state index contributed by atoms with van der Waals surface area (Å²) in [6.45, 7) is 3.35. The van der Waals surface area contributed by atoms with Crippen LogP contribution in [-0.4, -0.2) is 30.6 Å². The van der Waals surface area contributed by atoms with Gasteiger partial charge in [0.1, 0.15) is 0 Å². The summed E-state index contributed by atoms with van der Waals surface area (Å²) in [5, 5.41) is 0. The molecule has 2 heteroatoms. The van der Waals surface area contributed by atoms with Gasteiger partial charge in [-0.2, -0.15) is 0 Å². The third-order valence-electron chi connectivity index (χ3n) is 2.32. The van der Waals surface area contributed by atoms with E-state index >= 15 is 0 Å². The van der Waals surface area contributed by atoms with E-state index in [1.165, 1.54) is 19.4 Å². The van der Waals surface area contributed by atoms with Gasteiger partial charge < -0.3 is 10.6 Å². The fraction of sp³-hybridized carbons (Fsp3) is 1.00. The van der Waals surface area contributed by atoms with E-state index in [-0.39, 0.29) is 0 Å². The first-order chi connectivity index (χ1) is 4.70. The van der Waals surface area contributed by atoms with Crippen LogP contribution < -0.4 is 5.73 Å². The minimum Gasteiger partial charge on any atom is -0.328 e. The largest absolute Gasteiger partial charge is 0.328 e. The molecule has 1 fully saturated rings. The molecule has 1 saturated heterocycles. The van der Waals surface area contributed by atoms with Gasteiger partial charge in [-0.15, -0.1) is 0 Å². The average Bonchev–Trinajstić information content (AvgIpc) is 2.15. The molecule has 0 saturated carbocycles. The minimum atomic E-state index is 0.366. The zero-order chi connectivity index (χ0) is 7.56. The molecule has 2 N–H and O–H groups in total. The van der Waals surface area contributed by atoms with E-state index in [0.717, 1.165) is 12.5 Å². The Labute approximate surface area is 63.4 Å². The second-order valence-corrected chi connectivity index (χ2v) is 3.49. The first-order valence-corrected chi connectivity index (χ1v) is 4.16. The summed E-state index contributed by atoms with van der Waals surface area (Å²) >= 11 is 0. The molecule has 1 aliphatic heterocycles. The number of nitrogens with zero attached hydrogens (tertiary/aromatic N) is 1. The Morgan fingerprint density at radius 1 is 1.70 bits per heavy atom. The van der Waals surface area contributed by atoms with Gasteiger partial charge in [0.25, 0.3) is 0 Å². The maximum Gasteiger partial charge on any atom is 0.0107 e. The predicted octanol–water partition coefficient (Wildman–Crippen LogP) is 0.818. The van der Waals surface area contributed by atoms with Crippen LogP contribution in [0.25, 0.3) is 0 Å². The number of likely N-dealkylation sites (tertiary alicyclic amines) is 1. The monoisotopic (exact) mass is 142 g/mol. The molecule has 0 aromatic carbocycles. The molecule has 0 aliphatic carbocycles. The normalized spacial score (nSPS) is 30.9. The van der Waals surface area contributed by atoms with Crippen molar-refractivity contribution in [2.75, 3.05) is 13.6 Å². The van der Waals surface area contributed by atoms with E-state index in [4.69, 9.17) is 5.73 Å². The summed E-state index contributed by atoms with van der Waals surface area (Å²) < 4.78 is 0. The number of nitrogens with two attached hydrogens (primary N) is 1. The third-order valence-corrected chi connectivity index (χ3v) is 2.32. The summed E-state index contributed by atoms with van der Waals surface area (Å²) in [7, 11) is 2.19. The maximum atomic E-state index is 5.71. The fourth-order valence-electron chi connectivity index (χ4n) is 1.71. The Morgan fingerprint density at radius 3 is 2.80 bits per heavy atom. The van der Waals surface area contributed by atoms with Gasteiger partial charge >= 0.3 is 0 Å². The molecule has 1 aliphatic rings. The topological polar surface area (TPSA) is 29.3 Å². The molecule has 0 spiro atoms. The number of hydrogen-bond acceptors (Lipinski definition) is 2. The van der Waals surface area contributed by atoms with E-state index in [9.17, 15) is 0 Å². The summed E-state index contributed by atoms with van der Waals surface area (Å²) in [5.41, 5.74) is 5.71. The molecular weight excluding hydrogens is 124 g/mol. The Bertz CT molecular complexity index is 101. The smallest absolute Gasteiger partial charge is 0.0107 e. The van der Waals surface area contributed by atoms with E-state index < -0.39 is 0 Å². The highest BCUT2D eigenvalue weighted by Gasteiger charge is 2.21. The van der Waals surface area contributed by atoms with Crippen LogP contribution >= 0.6 is 0 Å². The molecule has 0 unspecified atom stereocenters. The lowest BCUT2D eigenvalue weighted by molar-refractivity contribution is 0.285. The van der Waals surface area contributed by atoms with Crippen molar-refractivity contribution < 1.29 is 0 Å². The van der Waals surface area contributed by atoms with Crippen LogP contribution in [-0.2, 0) is 0 Å². The van der Waals surface area contributed by atoms with Gasteiger partial charge in [-0.25, -0.2) is 0 Å². The third kappa shape index (κ3) is 1.96. The SMILES string of the molecule is C[C@H](N)C[C@H]1CCCN1C. The molecule has 0 radical (unpaired) electrons. The maximum absolute atomic E-state index is 5.71. The Kier molecular flexibility index (Phi) is 2.69. The van der Waals surface area contributed by atoms with Gasteiger partial charge in [0, 0.05) is 12.1 Å². The number of rotatable bonds is 2. The van der Waals surface area contributed by atoms with Crippen LogP contribution in [0.3, 0.4) is 0 Å². The molecule has 1 heterocycles. The van der Waals surface area contributed by atoms with Crippen LogP contribution in [0.1, 0.15) is 26.2 Å². The second kappa shape index (κ2) is 3.35. The molecule has 0 amide bonds. The molecule has 1 rings (SSSR count). The zero-order valence-corrected chi connectivity index (χ0v) is 7.01. The lowest BCUT2D eigenvalue weighted by Gasteiger charge is -2.20. The molecule has 0 aromatic heterocycles. The number of hydrogen-bond donors (Lipinski definition) is 1. The van der Waals surface area contributed by atoms with Crippen LogP contribution in [0, 0.1) is 0 Å². The molecule has 2 nitrogen and oxygen atoms in total. The first kappa shape index (κ1) is 8.02. The van der Waals surface area contributed by atoms with E-state index in [1.807, 2.05) is 0 Å². The molecule has 2 atom stereocenters. The van der Waals surface area contributed by atoms with Crippen molar-refractivity contribution in [1.82, 2.24) is 4.90 Å². The Balaban J connectivity index is 2.26. The lowest BCUT2D eigenvalue weighted by atomic mass is 10.1. The van der Waals surface area contributed by atoms with Gasteiger partial charge in [-0.3, -0.25) is 0 Å². The van der Waals surface area contributed by atoms with Crippen LogP contribution in [0.2, 0.25) is 0 Å². The molecule has 60 valence electrons. The standard InChI is InChI=1S/C8H18N2/c1-7(9)6-8-4-3-5-10(8)2/h7-8H,3-6,9H2,1-2H3/t7-,8+/m0/s1. The zero-order valence-electron chi connectivity index (χ0n) is 7.01. The molecular formula is C8H18N2. The van der Waals surface area contributed by atoms with Crippen LogP contribution in [0.4, 0.5) is 0 Å². The molecule has 10 heavy (non-hydrogen) atoms. The minimum absolute atomic E-state index is 0.366. The Hall–Kier alpha value is -0.0800. The van der Waals surface area contributed by atoms with Crippen molar-refractivity contribution in [3.8, 4) is 0 Å². The van der Waals surface area contributed by atoms with Crippen molar-refractivity contribution in [3.05, 3.63) is 0 Å². The first-order valence-electron chi connectivity index (χ1n) is 4.16. The van der Waals surface area contributed by atoms with Crippen molar-refractivity contribution in [2.45, 2.75) is 38.3 Å². The van der Waals surface area contributed by atoms with Gasteiger partial charge in [-0.1, -0.05) is 0 Å². The van der Waals surface area contributed by atoms with Gasteiger partial charge in [0.15, 0.2) is 0 Å².